The maximum atomic E-state index is 13.2. The van der Waals surface area contributed by atoms with E-state index in [0.29, 0.717) is 0 Å². The van der Waals surface area contributed by atoms with Gasteiger partial charge in [-0.1, -0.05) is 54.6 Å². The number of benzene rings is 3. The van der Waals surface area contributed by atoms with E-state index in [1.165, 1.54) is 30.3 Å². The van der Waals surface area contributed by atoms with Gasteiger partial charge in [-0.3, -0.25) is 14.2 Å². The van der Waals surface area contributed by atoms with Gasteiger partial charge < -0.3 is 24.7 Å². The van der Waals surface area contributed by atoms with Crippen molar-refractivity contribution < 1.29 is 38.1 Å². The highest BCUT2D eigenvalue weighted by molar-refractivity contribution is 5.92. The molecule has 1 aliphatic rings. The van der Waals surface area contributed by atoms with Crippen LogP contribution in [-0.2, 0) is 18.9 Å². The predicted octanol–water partition coefficient (Wildman–Crippen LogP) is 3.15. The summed E-state index contributed by atoms with van der Waals surface area (Å²) in [7, 11) is 0. The first-order valence-electron chi connectivity index (χ1n) is 13.2. The van der Waals surface area contributed by atoms with E-state index in [1.54, 1.807) is 66.7 Å². The molecule has 4 atom stereocenters. The molecule has 2 heterocycles. The van der Waals surface area contributed by atoms with E-state index in [2.05, 4.69) is 0 Å². The lowest BCUT2D eigenvalue weighted by Gasteiger charge is -2.25. The second-order valence-electron chi connectivity index (χ2n) is 9.53. The zero-order chi connectivity index (χ0) is 30.3. The minimum Gasteiger partial charge on any atom is -0.459 e. The Morgan fingerprint density at radius 1 is 0.651 bits per heavy atom. The molecule has 3 aromatic carbocycles. The Labute approximate surface area is 245 Å². The van der Waals surface area contributed by atoms with Crippen LogP contribution in [0.1, 0.15) is 47.7 Å². The number of nitrogens with zero attached hydrogens (tertiary/aromatic N) is 1. The third-order valence-electron chi connectivity index (χ3n) is 6.68. The van der Waals surface area contributed by atoms with Gasteiger partial charge in [-0.2, -0.15) is 0 Å². The maximum Gasteiger partial charge on any atom is 0.338 e. The SMILES string of the molecule is NC(=O)c1ccc(=O)n([C@@H]2O[C@H](COC(=O)c3ccccc3)[C@@H](OC(=O)c3ccccc3)[C@H]2OC(=O)c2ccccc2)c1. The summed E-state index contributed by atoms with van der Waals surface area (Å²) in [5, 5.41) is 0. The molecule has 0 spiro atoms. The molecule has 0 aliphatic carbocycles. The Balaban J connectivity index is 1.53. The second kappa shape index (κ2) is 13.0. The van der Waals surface area contributed by atoms with E-state index in [0.717, 1.165) is 16.8 Å². The topological polar surface area (TPSA) is 153 Å². The van der Waals surface area contributed by atoms with Crippen LogP contribution in [0.25, 0.3) is 0 Å². The van der Waals surface area contributed by atoms with Gasteiger partial charge in [0.05, 0.1) is 22.3 Å². The molecule has 218 valence electrons. The number of pyridine rings is 1. The molecule has 11 nitrogen and oxygen atoms in total. The van der Waals surface area contributed by atoms with Crippen molar-refractivity contribution in [2.24, 2.45) is 5.73 Å². The number of aromatic nitrogens is 1. The molecule has 0 saturated carbocycles. The van der Waals surface area contributed by atoms with Gasteiger partial charge in [-0.25, -0.2) is 14.4 Å². The molecule has 1 aromatic heterocycles. The summed E-state index contributed by atoms with van der Waals surface area (Å²) in [4.78, 5) is 64.1. The van der Waals surface area contributed by atoms with E-state index < -0.39 is 60.5 Å². The minimum atomic E-state index is -1.42. The molecule has 4 aromatic rings. The van der Waals surface area contributed by atoms with Gasteiger partial charge in [-0.15, -0.1) is 0 Å². The number of nitrogens with two attached hydrogens (primary N) is 1. The minimum absolute atomic E-state index is 0.0203. The number of esters is 3. The fourth-order valence-electron chi connectivity index (χ4n) is 4.53. The largest absolute Gasteiger partial charge is 0.459 e. The summed E-state index contributed by atoms with van der Waals surface area (Å²) < 4.78 is 24.3. The lowest BCUT2D eigenvalue weighted by molar-refractivity contribution is -0.0635. The quantitative estimate of drug-likeness (QED) is 0.232. The average molecular weight is 583 g/mol. The van der Waals surface area contributed by atoms with Gasteiger partial charge >= 0.3 is 17.9 Å². The molecule has 2 N–H and O–H groups in total. The summed E-state index contributed by atoms with van der Waals surface area (Å²) >= 11 is 0. The summed E-state index contributed by atoms with van der Waals surface area (Å²) in [6.45, 7) is -0.430. The van der Waals surface area contributed by atoms with Crippen LogP contribution >= 0.6 is 0 Å². The number of carbonyl (C=O) groups is 4. The Kier molecular flexibility index (Phi) is 8.73. The summed E-state index contributed by atoms with van der Waals surface area (Å²) in [6, 6.07) is 26.7. The number of rotatable bonds is 9. The standard InChI is InChI=1S/C32H26N2O9/c33-28(36)23-16-17-25(35)34(18-23)29-27(43-32(39)22-14-8-3-9-15-22)26(42-31(38)21-12-6-2-7-13-21)24(41-29)19-40-30(37)20-10-4-1-5-11-20/h1-18,24,26-27,29H,19H2,(H2,33,36)/t24-,26-,27-,29-/m1/s1. The number of carbonyl (C=O) groups excluding carboxylic acids is 4. The van der Waals surface area contributed by atoms with Crippen molar-refractivity contribution in [2.75, 3.05) is 6.61 Å². The molecule has 0 bridgehead atoms. The van der Waals surface area contributed by atoms with Crippen molar-refractivity contribution in [3.8, 4) is 0 Å². The third-order valence-corrected chi connectivity index (χ3v) is 6.68. The molecule has 11 heteroatoms. The van der Waals surface area contributed by atoms with Gasteiger partial charge in [0.1, 0.15) is 12.7 Å². The molecule has 1 aliphatic heterocycles. The van der Waals surface area contributed by atoms with Gasteiger partial charge in [0.2, 0.25) is 5.91 Å². The van der Waals surface area contributed by atoms with Crippen LogP contribution in [0.3, 0.4) is 0 Å². The number of hydrogen-bond acceptors (Lipinski definition) is 9. The van der Waals surface area contributed by atoms with Crippen LogP contribution in [0.15, 0.2) is 114 Å². The van der Waals surface area contributed by atoms with E-state index >= 15 is 0 Å². The van der Waals surface area contributed by atoms with E-state index in [1.807, 2.05) is 0 Å². The number of amides is 1. The molecule has 43 heavy (non-hydrogen) atoms. The molecule has 5 rings (SSSR count). The van der Waals surface area contributed by atoms with Gasteiger partial charge in [0, 0.05) is 12.3 Å². The van der Waals surface area contributed by atoms with Crippen molar-refractivity contribution in [3.05, 3.63) is 142 Å². The molecular weight excluding hydrogens is 556 g/mol. The summed E-state index contributed by atoms with van der Waals surface area (Å²) in [6.07, 6.45) is -4.19. The normalized spacial score (nSPS) is 19.3. The van der Waals surface area contributed by atoms with Crippen LogP contribution in [-0.4, -0.2) is 53.3 Å². The van der Waals surface area contributed by atoms with Crippen molar-refractivity contribution in [2.45, 2.75) is 24.5 Å². The molecule has 1 amide bonds. The van der Waals surface area contributed by atoms with Crippen LogP contribution in [0.4, 0.5) is 0 Å². The van der Waals surface area contributed by atoms with Gasteiger partial charge in [0.25, 0.3) is 5.56 Å². The fourth-order valence-corrected chi connectivity index (χ4v) is 4.53. The predicted molar refractivity (Wildman–Crippen MR) is 151 cm³/mol. The van der Waals surface area contributed by atoms with Crippen LogP contribution in [0, 0.1) is 0 Å². The zero-order valence-corrected chi connectivity index (χ0v) is 22.6. The highest BCUT2D eigenvalue weighted by atomic mass is 16.7. The monoisotopic (exact) mass is 582 g/mol. The van der Waals surface area contributed by atoms with Gasteiger partial charge in [-0.05, 0) is 42.5 Å². The number of ether oxygens (including phenoxy) is 4. The van der Waals surface area contributed by atoms with Crippen molar-refractivity contribution >= 4 is 23.8 Å². The van der Waals surface area contributed by atoms with Crippen molar-refractivity contribution in [3.63, 3.8) is 0 Å². The Morgan fingerprint density at radius 3 is 1.65 bits per heavy atom. The zero-order valence-electron chi connectivity index (χ0n) is 22.6. The number of primary amides is 1. The highest BCUT2D eigenvalue weighted by Gasteiger charge is 2.51. The average Bonchev–Trinajstić information content (AvgIpc) is 3.36. The molecule has 0 unspecified atom stereocenters. The van der Waals surface area contributed by atoms with E-state index in [-0.39, 0.29) is 22.3 Å². The van der Waals surface area contributed by atoms with Crippen LogP contribution in [0.2, 0.25) is 0 Å². The van der Waals surface area contributed by atoms with E-state index in [4.69, 9.17) is 24.7 Å². The van der Waals surface area contributed by atoms with Gasteiger partial charge in [0.15, 0.2) is 18.4 Å². The van der Waals surface area contributed by atoms with Crippen LogP contribution in [0.5, 0.6) is 0 Å². The fraction of sp³-hybridized carbons (Fsp3) is 0.156. The molecule has 1 saturated heterocycles. The van der Waals surface area contributed by atoms with Crippen LogP contribution < -0.4 is 11.3 Å². The lowest BCUT2D eigenvalue weighted by atomic mass is 10.1. The second-order valence-corrected chi connectivity index (χ2v) is 9.53. The maximum absolute atomic E-state index is 13.2. The van der Waals surface area contributed by atoms with Crippen molar-refractivity contribution in [1.82, 2.24) is 4.57 Å². The molecule has 0 radical (unpaired) electrons. The Hall–Kier alpha value is -5.55. The Morgan fingerprint density at radius 2 is 1.14 bits per heavy atom. The highest BCUT2D eigenvalue weighted by Crippen LogP contribution is 2.35. The van der Waals surface area contributed by atoms with E-state index in [9.17, 15) is 24.0 Å². The summed E-state index contributed by atoms with van der Waals surface area (Å²) in [5.41, 5.74) is 5.46. The number of hydrogen-bond donors (Lipinski definition) is 1. The Bertz CT molecular complexity index is 1670. The molecular formula is C32H26N2O9. The van der Waals surface area contributed by atoms with Crippen molar-refractivity contribution in [1.29, 1.82) is 0 Å². The lowest BCUT2D eigenvalue weighted by Crippen LogP contribution is -2.42. The third kappa shape index (κ3) is 6.68. The summed E-state index contributed by atoms with van der Waals surface area (Å²) in [5.74, 6) is -3.05. The first-order chi connectivity index (χ1) is 20.8. The first kappa shape index (κ1) is 29.0. The molecule has 1 fully saturated rings. The first-order valence-corrected chi connectivity index (χ1v) is 13.2. The smallest absolute Gasteiger partial charge is 0.338 e.